The van der Waals surface area contributed by atoms with Gasteiger partial charge in [-0.2, -0.15) is 0 Å². The summed E-state index contributed by atoms with van der Waals surface area (Å²) in [6.07, 6.45) is 1.71. The second-order valence-corrected chi connectivity index (χ2v) is 9.23. The molecule has 0 atom stereocenters. The van der Waals surface area contributed by atoms with Gasteiger partial charge in [-0.15, -0.1) is 0 Å². The maximum Gasteiger partial charge on any atom is 0.255 e. The Balaban J connectivity index is 1.95. The summed E-state index contributed by atoms with van der Waals surface area (Å²) in [5.41, 5.74) is 3.56. The van der Waals surface area contributed by atoms with E-state index in [0.29, 0.717) is 18.5 Å². The number of benzene rings is 2. The van der Waals surface area contributed by atoms with Crippen LogP contribution >= 0.6 is 0 Å². The summed E-state index contributed by atoms with van der Waals surface area (Å²) in [6, 6.07) is 15.0. The highest BCUT2D eigenvalue weighted by Crippen LogP contribution is 2.23. The predicted molar refractivity (Wildman–Crippen MR) is 106 cm³/mol. The Labute approximate surface area is 155 Å². The molecule has 26 heavy (non-hydrogen) atoms. The van der Waals surface area contributed by atoms with Gasteiger partial charge < -0.3 is 5.32 Å². The van der Waals surface area contributed by atoms with Crippen LogP contribution in [-0.4, -0.2) is 27.1 Å². The van der Waals surface area contributed by atoms with E-state index in [1.165, 1.54) is 5.56 Å². The third kappa shape index (κ3) is 6.28. The van der Waals surface area contributed by atoms with Crippen LogP contribution in [0, 0.1) is 0 Å². The molecule has 0 saturated heterocycles. The SMILES string of the molecule is CC(C)(C)c1ccc(NC(=O)c2ccc(CCNS(C)(=O)=O)cc2)cc1. The summed E-state index contributed by atoms with van der Waals surface area (Å²) in [4.78, 5) is 12.3. The molecule has 2 rings (SSSR count). The topological polar surface area (TPSA) is 75.3 Å². The average molecular weight is 375 g/mol. The maximum atomic E-state index is 12.3. The highest BCUT2D eigenvalue weighted by molar-refractivity contribution is 7.88. The van der Waals surface area contributed by atoms with Gasteiger partial charge in [-0.3, -0.25) is 4.79 Å². The van der Waals surface area contributed by atoms with Crippen molar-refractivity contribution in [2.45, 2.75) is 32.6 Å². The predicted octanol–water partition coefficient (Wildman–Crippen LogP) is 3.33. The van der Waals surface area contributed by atoms with Gasteiger partial charge in [0.1, 0.15) is 0 Å². The van der Waals surface area contributed by atoms with Crippen molar-refractivity contribution in [3.8, 4) is 0 Å². The van der Waals surface area contributed by atoms with Crippen LogP contribution in [0.5, 0.6) is 0 Å². The number of rotatable bonds is 6. The van der Waals surface area contributed by atoms with E-state index in [1.54, 1.807) is 12.1 Å². The van der Waals surface area contributed by atoms with Gasteiger partial charge in [0.05, 0.1) is 6.26 Å². The largest absolute Gasteiger partial charge is 0.322 e. The number of hydrogen-bond donors (Lipinski definition) is 2. The molecule has 0 radical (unpaired) electrons. The van der Waals surface area contributed by atoms with Crippen LogP contribution in [0.2, 0.25) is 0 Å². The molecule has 6 heteroatoms. The smallest absolute Gasteiger partial charge is 0.255 e. The van der Waals surface area contributed by atoms with Crippen molar-refractivity contribution in [1.29, 1.82) is 0 Å². The van der Waals surface area contributed by atoms with Crippen molar-refractivity contribution in [2.75, 3.05) is 18.1 Å². The Morgan fingerprint density at radius 2 is 1.54 bits per heavy atom. The second kappa shape index (κ2) is 8.01. The molecule has 0 unspecified atom stereocenters. The lowest BCUT2D eigenvalue weighted by Gasteiger charge is -2.19. The Kier molecular flexibility index (Phi) is 6.21. The lowest BCUT2D eigenvalue weighted by molar-refractivity contribution is 0.102. The van der Waals surface area contributed by atoms with E-state index < -0.39 is 10.0 Å². The first-order valence-electron chi connectivity index (χ1n) is 8.50. The summed E-state index contributed by atoms with van der Waals surface area (Å²) in [7, 11) is -3.18. The van der Waals surface area contributed by atoms with Gasteiger partial charge in [0.2, 0.25) is 10.0 Å². The number of hydrogen-bond acceptors (Lipinski definition) is 3. The van der Waals surface area contributed by atoms with E-state index >= 15 is 0 Å². The Morgan fingerprint density at radius 1 is 0.962 bits per heavy atom. The molecule has 140 valence electrons. The molecule has 0 bridgehead atoms. The number of carbonyl (C=O) groups is 1. The molecular weight excluding hydrogens is 348 g/mol. The number of amides is 1. The summed E-state index contributed by atoms with van der Waals surface area (Å²) in [6.45, 7) is 6.78. The van der Waals surface area contributed by atoms with Crippen LogP contribution in [0.3, 0.4) is 0 Å². The van der Waals surface area contributed by atoms with Crippen molar-refractivity contribution < 1.29 is 13.2 Å². The number of nitrogens with one attached hydrogen (secondary N) is 2. The molecule has 0 heterocycles. The molecule has 0 aromatic heterocycles. The van der Waals surface area contributed by atoms with Crippen molar-refractivity contribution in [3.63, 3.8) is 0 Å². The molecule has 0 saturated carbocycles. The standard InChI is InChI=1S/C20H26N2O3S/c1-20(2,3)17-9-11-18(12-10-17)22-19(23)16-7-5-15(6-8-16)13-14-21-26(4,24)25/h5-12,21H,13-14H2,1-4H3,(H,22,23). The highest BCUT2D eigenvalue weighted by atomic mass is 32.2. The van der Waals surface area contributed by atoms with Gasteiger partial charge in [-0.05, 0) is 47.2 Å². The van der Waals surface area contributed by atoms with Gasteiger partial charge in [-0.1, -0.05) is 45.0 Å². The number of anilines is 1. The second-order valence-electron chi connectivity index (χ2n) is 7.39. The van der Waals surface area contributed by atoms with Crippen LogP contribution in [-0.2, 0) is 21.9 Å². The molecule has 5 nitrogen and oxygen atoms in total. The van der Waals surface area contributed by atoms with Crippen LogP contribution in [0.25, 0.3) is 0 Å². The van der Waals surface area contributed by atoms with Crippen LogP contribution < -0.4 is 10.0 Å². The van der Waals surface area contributed by atoms with Crippen LogP contribution in [0.15, 0.2) is 48.5 Å². The summed E-state index contributed by atoms with van der Waals surface area (Å²) in [5, 5.41) is 2.89. The van der Waals surface area contributed by atoms with E-state index in [4.69, 9.17) is 0 Å². The van der Waals surface area contributed by atoms with Gasteiger partial charge in [0.15, 0.2) is 0 Å². The Morgan fingerprint density at radius 3 is 2.04 bits per heavy atom. The van der Waals surface area contributed by atoms with E-state index in [2.05, 4.69) is 30.8 Å². The fourth-order valence-corrected chi connectivity index (χ4v) is 2.93. The van der Waals surface area contributed by atoms with Crippen molar-refractivity contribution >= 4 is 21.6 Å². The fraction of sp³-hybridized carbons (Fsp3) is 0.350. The van der Waals surface area contributed by atoms with Crippen molar-refractivity contribution in [2.24, 2.45) is 0 Å². The quantitative estimate of drug-likeness (QED) is 0.814. The molecule has 0 fully saturated rings. The van der Waals surface area contributed by atoms with Crippen molar-refractivity contribution in [3.05, 3.63) is 65.2 Å². The first kappa shape index (κ1) is 20.1. The Hall–Kier alpha value is -2.18. The maximum absolute atomic E-state index is 12.3. The van der Waals surface area contributed by atoms with Gasteiger partial charge in [-0.25, -0.2) is 13.1 Å². The van der Waals surface area contributed by atoms with Crippen LogP contribution in [0.4, 0.5) is 5.69 Å². The monoisotopic (exact) mass is 374 g/mol. The average Bonchev–Trinajstić information content (AvgIpc) is 2.54. The van der Waals surface area contributed by atoms with Crippen LogP contribution in [0.1, 0.15) is 42.3 Å². The minimum Gasteiger partial charge on any atom is -0.322 e. The minimum absolute atomic E-state index is 0.0737. The first-order chi connectivity index (χ1) is 12.0. The lowest BCUT2D eigenvalue weighted by Crippen LogP contribution is -2.24. The molecule has 2 aromatic rings. The zero-order valence-electron chi connectivity index (χ0n) is 15.7. The van der Waals surface area contributed by atoms with E-state index in [0.717, 1.165) is 17.5 Å². The molecule has 2 N–H and O–H groups in total. The molecule has 0 aliphatic carbocycles. The molecule has 2 aromatic carbocycles. The van der Waals surface area contributed by atoms with Gasteiger partial charge in [0, 0.05) is 17.8 Å². The van der Waals surface area contributed by atoms with Gasteiger partial charge in [0.25, 0.3) is 5.91 Å². The lowest BCUT2D eigenvalue weighted by atomic mass is 9.87. The normalized spacial score (nSPS) is 12.0. The molecule has 0 aliphatic rings. The third-order valence-corrected chi connectivity index (χ3v) is 4.73. The first-order valence-corrected chi connectivity index (χ1v) is 10.4. The molecule has 0 spiro atoms. The zero-order valence-corrected chi connectivity index (χ0v) is 16.5. The van der Waals surface area contributed by atoms with E-state index in [1.807, 2.05) is 36.4 Å². The van der Waals surface area contributed by atoms with E-state index in [9.17, 15) is 13.2 Å². The zero-order chi connectivity index (χ0) is 19.4. The fourth-order valence-electron chi connectivity index (χ4n) is 2.46. The van der Waals surface area contributed by atoms with Gasteiger partial charge >= 0.3 is 0 Å². The summed E-state index contributed by atoms with van der Waals surface area (Å²) in [5.74, 6) is -0.172. The highest BCUT2D eigenvalue weighted by Gasteiger charge is 2.13. The minimum atomic E-state index is -3.18. The third-order valence-electron chi connectivity index (χ3n) is 4.00. The summed E-state index contributed by atoms with van der Waals surface area (Å²) < 4.78 is 24.5. The van der Waals surface area contributed by atoms with Crippen molar-refractivity contribution in [1.82, 2.24) is 4.72 Å². The molecule has 0 aliphatic heterocycles. The summed E-state index contributed by atoms with van der Waals surface area (Å²) >= 11 is 0. The Bertz CT molecular complexity index is 849. The molecular formula is C20H26N2O3S. The number of carbonyl (C=O) groups excluding carboxylic acids is 1. The molecule has 1 amide bonds. The number of sulfonamides is 1. The van der Waals surface area contributed by atoms with E-state index in [-0.39, 0.29) is 11.3 Å².